The van der Waals surface area contributed by atoms with Crippen molar-refractivity contribution in [1.29, 1.82) is 0 Å². The highest BCUT2D eigenvalue weighted by Crippen LogP contribution is 2.23. The van der Waals surface area contributed by atoms with Crippen molar-refractivity contribution in [3.8, 4) is 0 Å². The number of thiophene rings is 1. The second kappa shape index (κ2) is 6.66. The summed E-state index contributed by atoms with van der Waals surface area (Å²) in [5, 5.41) is 5.33. The van der Waals surface area contributed by atoms with Crippen molar-refractivity contribution in [2.75, 3.05) is 13.6 Å². The number of likely N-dealkylation sites (N-methyl/N-ethyl adjacent to an activating group) is 1. The minimum absolute atomic E-state index is 0.354. The molecule has 18 heavy (non-hydrogen) atoms. The van der Waals surface area contributed by atoms with E-state index in [2.05, 4.69) is 41.4 Å². The monoisotopic (exact) mass is 300 g/mol. The molecule has 2 aromatic rings. The number of rotatable bonds is 6. The highest BCUT2D eigenvalue weighted by Gasteiger charge is 2.15. The van der Waals surface area contributed by atoms with Crippen LogP contribution in [-0.4, -0.2) is 23.5 Å². The Bertz CT molecular complexity index is 467. The second-order valence-electron chi connectivity index (χ2n) is 4.30. The molecule has 0 radical (unpaired) electrons. The van der Waals surface area contributed by atoms with Gasteiger partial charge in [0.05, 0.1) is 17.6 Å². The number of hydrogen-bond acceptors (Lipinski definition) is 4. The van der Waals surface area contributed by atoms with Gasteiger partial charge in [0.25, 0.3) is 0 Å². The van der Waals surface area contributed by atoms with Gasteiger partial charge in [-0.3, -0.25) is 4.90 Å². The van der Waals surface area contributed by atoms with Gasteiger partial charge in [0, 0.05) is 16.8 Å². The molecule has 0 aliphatic rings. The molecule has 2 nitrogen and oxygen atoms in total. The Morgan fingerprint density at radius 3 is 2.89 bits per heavy atom. The number of nitrogens with zero attached hydrogens (tertiary/aromatic N) is 2. The normalized spacial score (nSPS) is 13.1. The molecule has 2 heterocycles. The quantitative estimate of drug-likeness (QED) is 0.744. The third-order valence-corrected chi connectivity index (χ3v) is 5.29. The first-order valence-electron chi connectivity index (χ1n) is 5.93. The Hall–Kier alpha value is -0.420. The third kappa shape index (κ3) is 3.54. The molecule has 5 heteroatoms. The van der Waals surface area contributed by atoms with E-state index in [9.17, 15) is 0 Å². The molecular formula is C13H17ClN2S2. The van der Waals surface area contributed by atoms with Crippen LogP contribution in [0.15, 0.2) is 22.9 Å². The van der Waals surface area contributed by atoms with Gasteiger partial charge < -0.3 is 0 Å². The maximum Gasteiger partial charge on any atom is 0.110 e. The Kier molecular flexibility index (Phi) is 5.18. The molecule has 0 fully saturated rings. The summed E-state index contributed by atoms with van der Waals surface area (Å²) in [6.07, 6.45) is 1.10. The van der Waals surface area contributed by atoms with E-state index in [0.29, 0.717) is 11.9 Å². The maximum absolute atomic E-state index is 5.79. The summed E-state index contributed by atoms with van der Waals surface area (Å²) in [6.45, 7) is 3.25. The van der Waals surface area contributed by atoms with E-state index in [1.807, 2.05) is 16.7 Å². The number of thiazole rings is 1. The summed E-state index contributed by atoms with van der Waals surface area (Å²) in [5.41, 5.74) is 0.982. The van der Waals surface area contributed by atoms with Gasteiger partial charge >= 0.3 is 0 Å². The zero-order chi connectivity index (χ0) is 13.0. The molecule has 0 aliphatic carbocycles. The standard InChI is InChI=1S/C13H17ClN2S2/c1-10(13-15-11(8-14)9-18-13)16(2)6-5-12-4-3-7-17-12/h3-4,7,9-10H,5-6,8H2,1-2H3. The first kappa shape index (κ1) is 14.0. The highest BCUT2D eigenvalue weighted by atomic mass is 35.5. The Morgan fingerprint density at radius 2 is 2.28 bits per heavy atom. The molecule has 1 atom stereocenters. The fourth-order valence-corrected chi connectivity index (χ4v) is 3.57. The van der Waals surface area contributed by atoms with E-state index >= 15 is 0 Å². The maximum atomic E-state index is 5.79. The average molecular weight is 301 g/mol. The van der Waals surface area contributed by atoms with Crippen molar-refractivity contribution in [2.45, 2.75) is 25.3 Å². The second-order valence-corrected chi connectivity index (χ2v) is 6.49. The van der Waals surface area contributed by atoms with Crippen LogP contribution in [0.2, 0.25) is 0 Å². The zero-order valence-electron chi connectivity index (χ0n) is 10.6. The molecule has 0 amide bonds. The Balaban J connectivity index is 1.89. The van der Waals surface area contributed by atoms with Crippen LogP contribution in [0, 0.1) is 0 Å². The summed E-state index contributed by atoms with van der Waals surface area (Å²) >= 11 is 9.31. The number of aromatic nitrogens is 1. The van der Waals surface area contributed by atoms with Gasteiger partial charge in [0.2, 0.25) is 0 Å². The van der Waals surface area contributed by atoms with Crippen LogP contribution >= 0.6 is 34.3 Å². The van der Waals surface area contributed by atoms with Gasteiger partial charge in [0.15, 0.2) is 0 Å². The van der Waals surface area contributed by atoms with E-state index in [0.717, 1.165) is 23.7 Å². The van der Waals surface area contributed by atoms with Gasteiger partial charge in [-0.25, -0.2) is 4.98 Å². The Labute approximate surface area is 121 Å². The number of halogens is 1. The van der Waals surface area contributed by atoms with Gasteiger partial charge in [-0.2, -0.15) is 0 Å². The van der Waals surface area contributed by atoms with Crippen LogP contribution in [0.1, 0.15) is 28.5 Å². The van der Waals surface area contributed by atoms with Crippen molar-refractivity contribution in [1.82, 2.24) is 9.88 Å². The Morgan fingerprint density at radius 1 is 1.44 bits per heavy atom. The van der Waals surface area contributed by atoms with Crippen molar-refractivity contribution in [2.24, 2.45) is 0 Å². The molecule has 2 rings (SSSR count). The molecule has 0 aliphatic heterocycles. The molecule has 0 N–H and O–H groups in total. The lowest BCUT2D eigenvalue weighted by molar-refractivity contribution is 0.265. The SMILES string of the molecule is CC(c1nc(CCl)cs1)N(C)CCc1cccs1. The van der Waals surface area contributed by atoms with Crippen molar-refractivity contribution in [3.05, 3.63) is 38.5 Å². The summed E-state index contributed by atoms with van der Waals surface area (Å²) in [5.74, 6) is 0.502. The summed E-state index contributed by atoms with van der Waals surface area (Å²) in [4.78, 5) is 8.33. The lowest BCUT2D eigenvalue weighted by Gasteiger charge is -2.22. The van der Waals surface area contributed by atoms with E-state index < -0.39 is 0 Å². The molecule has 98 valence electrons. The number of alkyl halides is 1. The first-order valence-corrected chi connectivity index (χ1v) is 8.23. The van der Waals surface area contributed by atoms with E-state index in [1.165, 1.54) is 4.88 Å². The minimum atomic E-state index is 0.354. The smallest absolute Gasteiger partial charge is 0.110 e. The van der Waals surface area contributed by atoms with E-state index in [4.69, 9.17) is 11.6 Å². The van der Waals surface area contributed by atoms with Crippen LogP contribution in [0.3, 0.4) is 0 Å². The van der Waals surface area contributed by atoms with Crippen LogP contribution in [0.5, 0.6) is 0 Å². The third-order valence-electron chi connectivity index (χ3n) is 3.02. The molecular weight excluding hydrogens is 284 g/mol. The van der Waals surface area contributed by atoms with Gasteiger partial charge in [-0.15, -0.1) is 34.3 Å². The molecule has 0 bridgehead atoms. The summed E-state index contributed by atoms with van der Waals surface area (Å²) in [7, 11) is 2.15. The topological polar surface area (TPSA) is 16.1 Å². The van der Waals surface area contributed by atoms with Crippen molar-refractivity contribution < 1.29 is 0 Å². The minimum Gasteiger partial charge on any atom is -0.297 e. The lowest BCUT2D eigenvalue weighted by atomic mass is 10.2. The molecule has 0 aromatic carbocycles. The van der Waals surface area contributed by atoms with E-state index in [1.54, 1.807) is 11.3 Å². The molecule has 0 saturated carbocycles. The molecule has 0 saturated heterocycles. The van der Waals surface area contributed by atoms with Crippen molar-refractivity contribution >= 4 is 34.3 Å². The first-order chi connectivity index (χ1) is 8.70. The predicted octanol–water partition coefficient (Wildman–Crippen LogP) is 4.18. The predicted molar refractivity (Wildman–Crippen MR) is 80.7 cm³/mol. The highest BCUT2D eigenvalue weighted by molar-refractivity contribution is 7.10. The van der Waals surface area contributed by atoms with Crippen molar-refractivity contribution in [3.63, 3.8) is 0 Å². The largest absolute Gasteiger partial charge is 0.297 e. The van der Waals surface area contributed by atoms with Crippen LogP contribution in [0.4, 0.5) is 0 Å². The summed E-state index contributed by atoms with van der Waals surface area (Å²) in [6, 6.07) is 4.65. The molecule has 0 spiro atoms. The fourth-order valence-electron chi connectivity index (χ4n) is 1.70. The lowest BCUT2D eigenvalue weighted by Crippen LogP contribution is -2.24. The fraction of sp³-hybridized carbons (Fsp3) is 0.462. The number of hydrogen-bond donors (Lipinski definition) is 0. The van der Waals surface area contributed by atoms with Gasteiger partial charge in [-0.1, -0.05) is 6.07 Å². The molecule has 1 unspecified atom stereocenters. The van der Waals surface area contributed by atoms with Gasteiger partial charge in [-0.05, 0) is 31.8 Å². The zero-order valence-corrected chi connectivity index (χ0v) is 13.0. The van der Waals surface area contributed by atoms with Crippen LogP contribution < -0.4 is 0 Å². The van der Waals surface area contributed by atoms with Crippen LogP contribution in [0.25, 0.3) is 0 Å². The average Bonchev–Trinajstić information content (AvgIpc) is 3.05. The van der Waals surface area contributed by atoms with Gasteiger partial charge in [0.1, 0.15) is 5.01 Å². The van der Waals surface area contributed by atoms with E-state index in [-0.39, 0.29) is 0 Å². The molecule has 2 aromatic heterocycles. The van der Waals surface area contributed by atoms with Crippen LogP contribution in [-0.2, 0) is 12.3 Å². The summed E-state index contributed by atoms with van der Waals surface area (Å²) < 4.78 is 0.